The number of piperazine rings is 1. The Labute approximate surface area is 371 Å². The fourth-order valence-corrected chi connectivity index (χ4v) is 9.52. The van der Waals surface area contributed by atoms with Crippen molar-refractivity contribution in [3.63, 3.8) is 0 Å². The molecule has 0 bridgehead atoms. The first-order valence-electron chi connectivity index (χ1n) is 22.7. The van der Waals surface area contributed by atoms with Crippen LogP contribution in [0.15, 0.2) is 54.7 Å². The van der Waals surface area contributed by atoms with Crippen molar-refractivity contribution in [3.05, 3.63) is 71.5 Å². The molecular formula is C49H67N7O7. The maximum Gasteiger partial charge on any atom is 0.408 e. The summed E-state index contributed by atoms with van der Waals surface area (Å²) in [6, 6.07) is 15.4. The lowest BCUT2D eigenvalue weighted by Crippen LogP contribution is -2.60. The molecule has 0 unspecified atom stereocenters. The number of anilines is 1. The van der Waals surface area contributed by atoms with E-state index in [-0.39, 0.29) is 19.1 Å². The average Bonchev–Trinajstić information content (AvgIpc) is 3.86. The average molecular weight is 866 g/mol. The lowest BCUT2D eigenvalue weighted by molar-refractivity contribution is -0.147. The Balaban J connectivity index is 1.29. The van der Waals surface area contributed by atoms with Crippen molar-refractivity contribution >= 4 is 34.6 Å². The van der Waals surface area contributed by atoms with Crippen LogP contribution in [-0.4, -0.2) is 118 Å². The zero-order valence-electron chi connectivity index (χ0n) is 38.4. The van der Waals surface area contributed by atoms with Gasteiger partial charge in [0.2, 0.25) is 0 Å². The van der Waals surface area contributed by atoms with Crippen LogP contribution in [0.5, 0.6) is 0 Å². The second kappa shape index (κ2) is 19.0. The first-order chi connectivity index (χ1) is 30.0. The van der Waals surface area contributed by atoms with E-state index in [4.69, 9.17) is 14.5 Å². The highest BCUT2D eigenvalue weighted by Crippen LogP contribution is 2.43. The fourth-order valence-electron chi connectivity index (χ4n) is 9.52. The van der Waals surface area contributed by atoms with E-state index in [0.717, 1.165) is 75.4 Å². The van der Waals surface area contributed by atoms with Gasteiger partial charge in [0.25, 0.3) is 5.91 Å². The van der Waals surface area contributed by atoms with E-state index in [1.807, 2.05) is 37.4 Å². The van der Waals surface area contributed by atoms with Crippen LogP contribution >= 0.6 is 0 Å². The van der Waals surface area contributed by atoms with Gasteiger partial charge in [0.15, 0.2) is 0 Å². The molecule has 14 heteroatoms. The van der Waals surface area contributed by atoms with E-state index in [0.29, 0.717) is 38.4 Å². The van der Waals surface area contributed by atoms with Gasteiger partial charge in [-0.3, -0.25) is 24.5 Å². The van der Waals surface area contributed by atoms with Crippen molar-refractivity contribution in [1.82, 2.24) is 30.2 Å². The van der Waals surface area contributed by atoms with E-state index >= 15 is 0 Å². The topological polar surface area (TPSA) is 162 Å². The van der Waals surface area contributed by atoms with E-state index in [2.05, 4.69) is 70.1 Å². The lowest BCUT2D eigenvalue weighted by atomic mass is 9.84. The summed E-state index contributed by atoms with van der Waals surface area (Å²) >= 11 is 0. The van der Waals surface area contributed by atoms with E-state index in [1.54, 1.807) is 27.9 Å². The molecular weight excluding hydrogens is 799 g/mol. The minimum atomic E-state index is -1.04. The number of amides is 2. The molecule has 0 aliphatic carbocycles. The minimum Gasteiger partial charge on any atom is -0.480 e. The number of hydrazine groups is 1. The highest BCUT2D eigenvalue weighted by molar-refractivity contribution is 5.96. The number of carboxylic acids is 1. The number of methoxy groups -OCH3 is 1. The molecule has 5 heterocycles. The Kier molecular flexibility index (Phi) is 13.9. The highest BCUT2D eigenvalue weighted by Gasteiger charge is 2.35. The van der Waals surface area contributed by atoms with E-state index in [9.17, 15) is 24.6 Å². The van der Waals surface area contributed by atoms with Crippen molar-refractivity contribution in [2.45, 2.75) is 123 Å². The largest absolute Gasteiger partial charge is 0.480 e. The zero-order chi connectivity index (χ0) is 45.2. The third-order valence-corrected chi connectivity index (χ3v) is 12.9. The van der Waals surface area contributed by atoms with Crippen LogP contribution in [0.3, 0.4) is 0 Å². The zero-order valence-corrected chi connectivity index (χ0v) is 38.4. The molecule has 3 aliphatic heterocycles. The van der Waals surface area contributed by atoms with Crippen molar-refractivity contribution in [3.8, 4) is 22.4 Å². The fraction of sp³-hybridized carbons (Fsp3) is 0.551. The monoisotopic (exact) mass is 866 g/mol. The molecule has 3 fully saturated rings. The molecule has 2 aromatic carbocycles. The van der Waals surface area contributed by atoms with Gasteiger partial charge in [-0.05, 0) is 119 Å². The molecule has 4 atom stereocenters. The number of fused-ring (bicyclic) bond motifs is 2. The number of benzene rings is 2. The Hall–Kier alpha value is -5.02. The number of aryl methyl sites for hydroxylation is 1. The number of carbonyl (C=O) groups is 3. The highest BCUT2D eigenvalue weighted by atomic mass is 16.6. The molecule has 4 aromatic rings. The van der Waals surface area contributed by atoms with Crippen LogP contribution in [0.2, 0.25) is 0 Å². The summed E-state index contributed by atoms with van der Waals surface area (Å²) in [6.07, 6.45) is 5.16. The number of carbonyl (C=O) groups excluding carboxylic acids is 2. The van der Waals surface area contributed by atoms with Crippen molar-refractivity contribution in [2.75, 3.05) is 51.3 Å². The number of aliphatic hydroxyl groups excluding tert-OH is 1. The van der Waals surface area contributed by atoms with Crippen LogP contribution < -0.4 is 15.6 Å². The van der Waals surface area contributed by atoms with Gasteiger partial charge in [0.05, 0.1) is 29.4 Å². The van der Waals surface area contributed by atoms with Gasteiger partial charge in [-0.2, -0.15) is 0 Å². The quantitative estimate of drug-likeness (QED) is 0.104. The molecule has 4 N–H and O–H groups in total. The molecule has 2 amide bonds. The summed E-state index contributed by atoms with van der Waals surface area (Å²) in [7, 11) is 1.72. The van der Waals surface area contributed by atoms with Crippen LogP contribution in [0.1, 0.15) is 97.1 Å². The number of aliphatic carboxylic acids is 1. The first kappa shape index (κ1) is 46.0. The third-order valence-electron chi connectivity index (χ3n) is 12.9. The lowest BCUT2D eigenvalue weighted by Gasteiger charge is -2.39. The van der Waals surface area contributed by atoms with Gasteiger partial charge in [-0.1, -0.05) is 44.2 Å². The number of ether oxygens (including phenoxy) is 2. The number of hydrogen-bond acceptors (Lipinski definition) is 10. The molecule has 3 saturated heterocycles. The number of nitrogens with zero attached hydrogens (tertiary/aromatic N) is 5. The Morgan fingerprint density at radius 2 is 1.75 bits per heavy atom. The predicted octanol–water partition coefficient (Wildman–Crippen LogP) is 6.96. The third kappa shape index (κ3) is 10.4. The Morgan fingerprint density at radius 1 is 0.984 bits per heavy atom. The SMILES string of the molecule is CCn1c(-c2cc(N3CCN4CCC[C@@H]4C3)cnc2[C@H](C)OC)c(CC(C)(C)CO)c2cc(-c3cccc(C[C@H](NC(=O)OC(C)(C)C)C(=O)N4CCC[C@@H](C(=O)O)N4)c3)ccc21. The molecule has 0 saturated carbocycles. The van der Waals surface area contributed by atoms with Gasteiger partial charge in [0, 0.05) is 75.4 Å². The number of rotatable bonds is 14. The summed E-state index contributed by atoms with van der Waals surface area (Å²) in [6.45, 7) is 18.9. The van der Waals surface area contributed by atoms with Crippen LogP contribution in [-0.2, 0) is 38.4 Å². The van der Waals surface area contributed by atoms with Crippen LogP contribution in [0.4, 0.5) is 10.5 Å². The number of aromatic nitrogens is 2. The summed E-state index contributed by atoms with van der Waals surface area (Å²) in [5.74, 6) is -1.48. The maximum atomic E-state index is 14.0. The summed E-state index contributed by atoms with van der Waals surface area (Å²) < 4.78 is 13.9. The predicted molar refractivity (Wildman–Crippen MR) is 245 cm³/mol. The standard InChI is InChI=1S/C49H67N7O7/c1-9-55-42-18-17-34(33-14-10-13-32(23-33)24-41(51-47(61)63-48(3,4)5)45(58)56-20-12-16-40(52-56)46(59)60)25-37(42)39(27-49(6,7)30-57)44(55)38-26-36(28-50-43(38)31(2)62-8)54-22-21-53-19-11-15-35(53)29-54/h10,13-14,17-18,23,25-26,28,31,35,40-41,52,57H,9,11-12,15-16,19-22,24,27,29-30H2,1-8H3,(H,51,61)(H,59,60)/t31-,35+,40-,41-/m0/s1. The number of nitrogens with one attached hydrogen (secondary N) is 2. The van der Waals surface area contributed by atoms with Gasteiger partial charge in [-0.25, -0.2) is 10.2 Å². The second-order valence-electron chi connectivity index (χ2n) is 19.3. The normalized spacial score (nSPS) is 19.5. The molecule has 2 aromatic heterocycles. The molecule has 7 rings (SSSR count). The molecule has 0 radical (unpaired) electrons. The number of aliphatic hydroxyl groups is 1. The van der Waals surface area contributed by atoms with Crippen molar-refractivity contribution in [1.29, 1.82) is 0 Å². The van der Waals surface area contributed by atoms with Crippen LogP contribution in [0, 0.1) is 5.41 Å². The number of hydrogen-bond donors (Lipinski definition) is 4. The molecule has 14 nitrogen and oxygen atoms in total. The summed E-state index contributed by atoms with van der Waals surface area (Å²) in [4.78, 5) is 49.2. The van der Waals surface area contributed by atoms with Crippen LogP contribution in [0.25, 0.3) is 33.3 Å². The van der Waals surface area contributed by atoms with Gasteiger partial charge < -0.3 is 34.5 Å². The minimum absolute atomic E-state index is 0.0133. The maximum absolute atomic E-state index is 14.0. The molecule has 63 heavy (non-hydrogen) atoms. The Bertz CT molecular complexity index is 2300. The van der Waals surface area contributed by atoms with Gasteiger partial charge in [-0.15, -0.1) is 0 Å². The van der Waals surface area contributed by atoms with E-state index < -0.39 is 41.1 Å². The van der Waals surface area contributed by atoms with Gasteiger partial charge >= 0.3 is 12.1 Å². The molecule has 0 spiro atoms. The Morgan fingerprint density at radius 3 is 2.46 bits per heavy atom. The molecule has 340 valence electrons. The second-order valence-corrected chi connectivity index (χ2v) is 19.3. The number of pyridine rings is 1. The number of alkyl carbamates (subject to hydrolysis) is 1. The summed E-state index contributed by atoms with van der Waals surface area (Å²) in [5, 5.41) is 25.5. The molecule has 3 aliphatic rings. The first-order valence-corrected chi connectivity index (χ1v) is 22.7. The summed E-state index contributed by atoms with van der Waals surface area (Å²) in [5.41, 5.74) is 10.7. The van der Waals surface area contributed by atoms with Gasteiger partial charge in [0.1, 0.15) is 17.7 Å². The van der Waals surface area contributed by atoms with Crippen molar-refractivity contribution in [2.24, 2.45) is 5.41 Å². The van der Waals surface area contributed by atoms with Crippen molar-refractivity contribution < 1.29 is 34.1 Å². The van der Waals surface area contributed by atoms with E-state index in [1.165, 1.54) is 24.4 Å². The number of carboxylic acid groups (broad SMARTS) is 1. The smallest absolute Gasteiger partial charge is 0.408 e.